The molecule has 0 aliphatic rings. The zero-order valence-electron chi connectivity index (χ0n) is 10.6. The van der Waals surface area contributed by atoms with Crippen molar-refractivity contribution in [3.05, 3.63) is 41.5 Å². The molecule has 0 saturated carbocycles. The lowest BCUT2D eigenvalue weighted by Gasteiger charge is -2.08. The molecule has 0 fully saturated rings. The molecular weight excluding hydrogens is 245 g/mol. The molecule has 0 atom stereocenters. The van der Waals surface area contributed by atoms with E-state index < -0.39 is 5.82 Å². The van der Waals surface area contributed by atoms with E-state index in [9.17, 15) is 4.39 Å². The van der Waals surface area contributed by atoms with Crippen LogP contribution in [0.1, 0.15) is 24.6 Å². The van der Waals surface area contributed by atoms with E-state index in [-0.39, 0.29) is 5.56 Å². The fraction of sp³-hybridized carbons (Fsp3) is 0.308. The number of rotatable bonds is 5. The van der Waals surface area contributed by atoms with E-state index in [2.05, 4.69) is 22.6 Å². The van der Waals surface area contributed by atoms with Gasteiger partial charge in [-0.1, -0.05) is 12.1 Å². The highest BCUT2D eigenvalue weighted by Gasteiger charge is 2.11. The zero-order chi connectivity index (χ0) is 13.7. The molecule has 1 N–H and O–H groups in total. The second-order valence-corrected chi connectivity index (χ2v) is 4.09. The molecule has 0 unspecified atom stereocenters. The fourth-order valence-corrected chi connectivity index (χ4v) is 1.72. The minimum atomic E-state index is -0.485. The van der Waals surface area contributed by atoms with E-state index in [1.54, 1.807) is 12.3 Å². The smallest absolute Gasteiger partial charge is 0.150 e. The van der Waals surface area contributed by atoms with Gasteiger partial charge in [0.05, 0.1) is 23.5 Å². The molecule has 1 aromatic heterocycles. The van der Waals surface area contributed by atoms with Crippen LogP contribution in [0, 0.1) is 17.1 Å². The van der Waals surface area contributed by atoms with Gasteiger partial charge in [-0.05, 0) is 31.2 Å². The van der Waals surface area contributed by atoms with Gasteiger partial charge < -0.3 is 5.32 Å². The minimum absolute atomic E-state index is 0.284. The number of hydrogen-bond acceptors (Lipinski definition) is 4. The van der Waals surface area contributed by atoms with E-state index >= 15 is 0 Å². The monoisotopic (exact) mass is 259 g/mol. The van der Waals surface area contributed by atoms with Crippen molar-refractivity contribution < 1.29 is 4.39 Å². The normalized spacial score (nSPS) is 10.4. The SMILES string of the molecule is CCCNCc1cnnn1-c1ccc(C#N)cc1F. The first kappa shape index (κ1) is 13.2. The molecular formula is C13H14FN5. The molecule has 5 nitrogen and oxygen atoms in total. The lowest BCUT2D eigenvalue weighted by atomic mass is 10.2. The maximum atomic E-state index is 13.9. The highest BCUT2D eigenvalue weighted by molar-refractivity contribution is 5.40. The summed E-state index contributed by atoms with van der Waals surface area (Å²) in [5.41, 5.74) is 1.36. The molecule has 0 amide bonds. The standard InChI is InChI=1S/C13H14FN5/c1-2-5-16-8-11-9-17-18-19(11)13-4-3-10(7-15)6-12(13)14/h3-4,6,9,16H,2,5,8H2,1H3. The molecule has 1 aromatic carbocycles. The quantitative estimate of drug-likeness (QED) is 0.831. The van der Waals surface area contributed by atoms with E-state index in [0.717, 1.165) is 18.7 Å². The van der Waals surface area contributed by atoms with Crippen molar-refractivity contribution in [3.8, 4) is 11.8 Å². The molecule has 0 aliphatic carbocycles. The number of nitrogens with one attached hydrogen (secondary N) is 1. The minimum Gasteiger partial charge on any atom is -0.311 e. The molecule has 0 bridgehead atoms. The van der Waals surface area contributed by atoms with Gasteiger partial charge in [0.25, 0.3) is 0 Å². The Morgan fingerprint density at radius 2 is 2.32 bits per heavy atom. The van der Waals surface area contributed by atoms with Gasteiger partial charge in [0.1, 0.15) is 11.5 Å². The summed E-state index contributed by atoms with van der Waals surface area (Å²) in [6.07, 6.45) is 2.62. The van der Waals surface area contributed by atoms with Gasteiger partial charge in [-0.2, -0.15) is 5.26 Å². The van der Waals surface area contributed by atoms with Crippen LogP contribution in [0.5, 0.6) is 0 Å². The van der Waals surface area contributed by atoms with E-state index in [4.69, 9.17) is 5.26 Å². The lowest BCUT2D eigenvalue weighted by Crippen LogP contribution is -2.17. The van der Waals surface area contributed by atoms with E-state index in [1.165, 1.54) is 16.8 Å². The number of benzene rings is 1. The Balaban J connectivity index is 2.27. The van der Waals surface area contributed by atoms with Crippen molar-refractivity contribution in [2.24, 2.45) is 0 Å². The summed E-state index contributed by atoms with van der Waals surface area (Å²) in [4.78, 5) is 0. The van der Waals surface area contributed by atoms with Crippen LogP contribution in [0.15, 0.2) is 24.4 Å². The first-order valence-corrected chi connectivity index (χ1v) is 6.06. The van der Waals surface area contributed by atoms with Crippen molar-refractivity contribution in [3.63, 3.8) is 0 Å². The average Bonchev–Trinajstić information content (AvgIpc) is 2.87. The van der Waals surface area contributed by atoms with Gasteiger partial charge in [0.2, 0.25) is 0 Å². The number of nitrogens with zero attached hydrogens (tertiary/aromatic N) is 4. The van der Waals surface area contributed by atoms with Gasteiger partial charge in [-0.15, -0.1) is 5.10 Å². The predicted octanol–water partition coefficient (Wildman–Crippen LogP) is 1.78. The predicted molar refractivity (Wildman–Crippen MR) is 68.0 cm³/mol. The van der Waals surface area contributed by atoms with Crippen LogP contribution < -0.4 is 5.32 Å². The van der Waals surface area contributed by atoms with Crippen molar-refractivity contribution >= 4 is 0 Å². The summed E-state index contributed by atoms with van der Waals surface area (Å²) >= 11 is 0. The van der Waals surface area contributed by atoms with Crippen LogP contribution in [-0.4, -0.2) is 21.5 Å². The molecule has 98 valence electrons. The Kier molecular flexibility index (Phi) is 4.21. The van der Waals surface area contributed by atoms with Crippen molar-refractivity contribution in [2.45, 2.75) is 19.9 Å². The number of aromatic nitrogens is 3. The Morgan fingerprint density at radius 1 is 1.47 bits per heavy atom. The van der Waals surface area contributed by atoms with Gasteiger partial charge >= 0.3 is 0 Å². The number of hydrogen-bond donors (Lipinski definition) is 1. The van der Waals surface area contributed by atoms with Gasteiger partial charge in [-0.3, -0.25) is 0 Å². The second-order valence-electron chi connectivity index (χ2n) is 4.09. The molecule has 6 heteroatoms. The maximum absolute atomic E-state index is 13.9. The van der Waals surface area contributed by atoms with Crippen LogP contribution in [0.2, 0.25) is 0 Å². The van der Waals surface area contributed by atoms with Crippen LogP contribution in [0.3, 0.4) is 0 Å². The molecule has 0 radical (unpaired) electrons. The van der Waals surface area contributed by atoms with Crippen LogP contribution in [-0.2, 0) is 6.54 Å². The third-order valence-corrected chi connectivity index (χ3v) is 2.66. The van der Waals surface area contributed by atoms with Crippen LogP contribution in [0.25, 0.3) is 5.69 Å². The molecule has 0 saturated heterocycles. The number of halogens is 1. The molecule has 19 heavy (non-hydrogen) atoms. The maximum Gasteiger partial charge on any atom is 0.150 e. The summed E-state index contributed by atoms with van der Waals surface area (Å²) in [7, 11) is 0. The summed E-state index contributed by atoms with van der Waals surface area (Å²) in [6, 6.07) is 6.19. The Bertz CT molecular complexity index is 599. The summed E-state index contributed by atoms with van der Waals surface area (Å²) in [5.74, 6) is -0.485. The fourth-order valence-electron chi connectivity index (χ4n) is 1.72. The molecule has 0 aliphatic heterocycles. The summed E-state index contributed by atoms with van der Waals surface area (Å²) < 4.78 is 15.4. The third-order valence-electron chi connectivity index (χ3n) is 2.66. The van der Waals surface area contributed by atoms with Gasteiger partial charge in [0, 0.05) is 6.54 Å². The van der Waals surface area contributed by atoms with Crippen LogP contribution in [0.4, 0.5) is 4.39 Å². The van der Waals surface area contributed by atoms with Crippen molar-refractivity contribution in [1.82, 2.24) is 20.3 Å². The molecule has 1 heterocycles. The largest absolute Gasteiger partial charge is 0.311 e. The molecule has 2 rings (SSSR count). The first-order valence-electron chi connectivity index (χ1n) is 6.06. The molecule has 2 aromatic rings. The third kappa shape index (κ3) is 2.95. The second kappa shape index (κ2) is 6.07. The Labute approximate surface area is 110 Å². The zero-order valence-corrected chi connectivity index (χ0v) is 10.6. The van der Waals surface area contributed by atoms with Crippen molar-refractivity contribution in [2.75, 3.05) is 6.54 Å². The average molecular weight is 259 g/mol. The summed E-state index contributed by atoms with van der Waals surface area (Å²) in [6.45, 7) is 3.52. The highest BCUT2D eigenvalue weighted by atomic mass is 19.1. The summed E-state index contributed by atoms with van der Waals surface area (Å²) in [5, 5.41) is 19.6. The highest BCUT2D eigenvalue weighted by Crippen LogP contribution is 2.15. The van der Waals surface area contributed by atoms with Crippen molar-refractivity contribution in [1.29, 1.82) is 5.26 Å². The molecule has 0 spiro atoms. The van der Waals surface area contributed by atoms with E-state index in [0.29, 0.717) is 12.2 Å². The number of nitriles is 1. The van der Waals surface area contributed by atoms with Gasteiger partial charge in [-0.25, -0.2) is 9.07 Å². The van der Waals surface area contributed by atoms with Gasteiger partial charge in [0.15, 0.2) is 0 Å². The Hall–Kier alpha value is -2.26. The van der Waals surface area contributed by atoms with Crippen LogP contribution >= 0.6 is 0 Å². The van der Waals surface area contributed by atoms with E-state index in [1.807, 2.05) is 6.07 Å². The Morgan fingerprint density at radius 3 is 3.00 bits per heavy atom. The lowest BCUT2D eigenvalue weighted by molar-refractivity contribution is 0.591. The first-order chi connectivity index (χ1) is 9.26. The topological polar surface area (TPSA) is 66.5 Å².